The van der Waals surface area contributed by atoms with Crippen LogP contribution in [0.15, 0.2) is 23.9 Å². The van der Waals surface area contributed by atoms with Crippen LogP contribution in [-0.4, -0.2) is 37.2 Å². The van der Waals surface area contributed by atoms with E-state index in [-0.39, 0.29) is 0 Å². The van der Waals surface area contributed by atoms with Gasteiger partial charge in [-0.2, -0.15) is 0 Å². The first-order chi connectivity index (χ1) is 9.69. The molecule has 4 nitrogen and oxygen atoms in total. The zero-order valence-electron chi connectivity index (χ0n) is 12.1. The molecule has 2 heterocycles. The fourth-order valence-corrected chi connectivity index (χ4v) is 3.16. The van der Waals surface area contributed by atoms with Gasteiger partial charge in [0.15, 0.2) is 0 Å². The quantitative estimate of drug-likeness (QED) is 0.830. The first kappa shape index (κ1) is 13.5. The van der Waals surface area contributed by atoms with Crippen molar-refractivity contribution < 1.29 is 4.74 Å². The summed E-state index contributed by atoms with van der Waals surface area (Å²) >= 11 is 0. The van der Waals surface area contributed by atoms with Crippen molar-refractivity contribution in [3.05, 3.63) is 40.2 Å². The van der Waals surface area contributed by atoms with Gasteiger partial charge in [-0.15, -0.1) is 0 Å². The van der Waals surface area contributed by atoms with Gasteiger partial charge in [-0.3, -0.25) is 0 Å². The van der Waals surface area contributed by atoms with Gasteiger partial charge in [-0.1, -0.05) is 12.1 Å². The number of likely N-dealkylation sites (tertiary alicyclic amines) is 1. The number of allylic oxidation sites excluding steroid dienone is 1. The first-order valence-corrected chi connectivity index (χ1v) is 7.19. The first-order valence-electron chi connectivity index (χ1n) is 7.19. The number of methoxy groups -OCH3 is 1. The molecule has 1 fully saturated rings. The molecule has 2 aliphatic rings. The molecule has 0 unspecified atom stereocenters. The van der Waals surface area contributed by atoms with Gasteiger partial charge in [0.05, 0.1) is 7.11 Å². The van der Waals surface area contributed by atoms with Crippen LogP contribution in [0.3, 0.4) is 0 Å². The Morgan fingerprint density at radius 3 is 2.70 bits per heavy atom. The Labute approximate surface area is 120 Å². The minimum absolute atomic E-state index is 0.377. The third-order valence-corrected chi connectivity index (χ3v) is 4.41. The molecular weight excluding hydrogens is 252 g/mol. The average molecular weight is 273 g/mol. The van der Waals surface area contributed by atoms with Crippen LogP contribution in [0.4, 0.5) is 0 Å². The summed E-state index contributed by atoms with van der Waals surface area (Å²) in [6, 6.07) is 5.91. The molecular formula is C16H21N2O2-. The number of hydrogen-bond donors (Lipinski definition) is 0. The highest BCUT2D eigenvalue weighted by Crippen LogP contribution is 2.36. The smallest absolute Gasteiger partial charge is 0.126 e. The van der Waals surface area contributed by atoms with E-state index in [9.17, 15) is 5.21 Å². The Morgan fingerprint density at radius 2 is 2.00 bits per heavy atom. The molecule has 20 heavy (non-hydrogen) atoms. The van der Waals surface area contributed by atoms with Crippen molar-refractivity contribution in [2.45, 2.75) is 19.4 Å². The zero-order valence-corrected chi connectivity index (χ0v) is 12.1. The lowest BCUT2D eigenvalue weighted by Crippen LogP contribution is -2.34. The topological polar surface area (TPSA) is 38.8 Å². The number of benzene rings is 1. The molecule has 0 aliphatic carbocycles. The maximum atomic E-state index is 12.3. The van der Waals surface area contributed by atoms with Gasteiger partial charge in [0.1, 0.15) is 5.75 Å². The SMILES string of the molecule is COc1cccc2c1C=C(C1CCN(C)CC1)N([O-])C2. The van der Waals surface area contributed by atoms with Crippen LogP contribution in [0.1, 0.15) is 24.0 Å². The number of rotatable bonds is 2. The summed E-state index contributed by atoms with van der Waals surface area (Å²) < 4.78 is 5.43. The van der Waals surface area contributed by atoms with Gasteiger partial charge in [-0.05, 0) is 50.7 Å². The fraction of sp³-hybridized carbons (Fsp3) is 0.500. The number of fused-ring (bicyclic) bond motifs is 1. The Morgan fingerprint density at radius 1 is 1.25 bits per heavy atom. The molecule has 108 valence electrons. The molecule has 0 radical (unpaired) electrons. The van der Waals surface area contributed by atoms with Crippen molar-refractivity contribution in [3.63, 3.8) is 0 Å². The van der Waals surface area contributed by atoms with E-state index < -0.39 is 0 Å². The van der Waals surface area contributed by atoms with Gasteiger partial charge in [-0.25, -0.2) is 0 Å². The Bertz CT molecular complexity index is 519. The molecule has 0 aromatic heterocycles. The lowest BCUT2D eigenvalue weighted by Gasteiger charge is -2.43. The van der Waals surface area contributed by atoms with Crippen LogP contribution >= 0.6 is 0 Å². The average Bonchev–Trinajstić information content (AvgIpc) is 2.47. The molecule has 4 heteroatoms. The molecule has 3 rings (SSSR count). The molecule has 1 aromatic carbocycles. The highest BCUT2D eigenvalue weighted by Gasteiger charge is 2.24. The monoisotopic (exact) mass is 273 g/mol. The summed E-state index contributed by atoms with van der Waals surface area (Å²) in [6.45, 7) is 2.56. The number of nitrogens with zero attached hydrogens (tertiary/aromatic N) is 2. The van der Waals surface area contributed by atoms with Crippen LogP contribution in [0.2, 0.25) is 0 Å². The maximum Gasteiger partial charge on any atom is 0.126 e. The van der Waals surface area contributed by atoms with E-state index in [1.807, 2.05) is 24.3 Å². The predicted octanol–water partition coefficient (Wildman–Crippen LogP) is 2.69. The molecule has 0 atom stereocenters. The van der Waals surface area contributed by atoms with Gasteiger partial charge in [0.2, 0.25) is 0 Å². The van der Waals surface area contributed by atoms with Gasteiger partial charge < -0.3 is 19.9 Å². The van der Waals surface area contributed by atoms with Crippen LogP contribution in [0, 0.1) is 11.1 Å². The summed E-state index contributed by atoms with van der Waals surface area (Å²) in [5.41, 5.74) is 3.06. The van der Waals surface area contributed by atoms with Gasteiger partial charge in [0.25, 0.3) is 0 Å². The Kier molecular flexibility index (Phi) is 3.68. The van der Waals surface area contributed by atoms with E-state index in [4.69, 9.17) is 4.74 Å². The lowest BCUT2D eigenvalue weighted by atomic mass is 9.89. The summed E-state index contributed by atoms with van der Waals surface area (Å²) in [5.74, 6) is 1.24. The number of hydroxylamine groups is 2. The summed E-state index contributed by atoms with van der Waals surface area (Å²) in [6.07, 6.45) is 4.16. The number of piperidine rings is 1. The molecule has 0 amide bonds. The molecule has 2 aliphatic heterocycles. The molecule has 0 N–H and O–H groups in total. The summed E-state index contributed by atoms with van der Waals surface area (Å²) in [4.78, 5) is 2.32. The second-order valence-electron chi connectivity index (χ2n) is 5.72. The van der Waals surface area contributed by atoms with Crippen molar-refractivity contribution in [3.8, 4) is 5.75 Å². The summed E-state index contributed by atoms with van der Waals surface area (Å²) in [5, 5.41) is 13.5. The second kappa shape index (κ2) is 5.46. The second-order valence-corrected chi connectivity index (χ2v) is 5.72. The minimum atomic E-state index is 0.377. The van der Waals surface area contributed by atoms with Crippen LogP contribution in [-0.2, 0) is 6.54 Å². The van der Waals surface area contributed by atoms with E-state index in [0.717, 1.165) is 53.6 Å². The minimum Gasteiger partial charge on any atom is -0.758 e. The van der Waals surface area contributed by atoms with E-state index in [1.54, 1.807) is 7.11 Å². The van der Waals surface area contributed by atoms with Gasteiger partial charge >= 0.3 is 0 Å². The lowest BCUT2D eigenvalue weighted by molar-refractivity contribution is 0.217. The molecule has 0 saturated carbocycles. The normalized spacial score (nSPS) is 20.6. The highest BCUT2D eigenvalue weighted by atomic mass is 16.5. The van der Waals surface area contributed by atoms with E-state index in [0.29, 0.717) is 12.5 Å². The van der Waals surface area contributed by atoms with Crippen molar-refractivity contribution in [2.24, 2.45) is 5.92 Å². The zero-order chi connectivity index (χ0) is 14.1. The third-order valence-electron chi connectivity index (χ3n) is 4.41. The van der Waals surface area contributed by atoms with Crippen molar-refractivity contribution in [2.75, 3.05) is 27.2 Å². The van der Waals surface area contributed by atoms with Crippen molar-refractivity contribution in [1.82, 2.24) is 9.96 Å². The highest BCUT2D eigenvalue weighted by molar-refractivity contribution is 5.65. The van der Waals surface area contributed by atoms with Crippen LogP contribution in [0.5, 0.6) is 5.75 Å². The Hall–Kier alpha value is -1.52. The number of ether oxygens (including phenoxy) is 1. The van der Waals surface area contributed by atoms with E-state index in [2.05, 4.69) is 11.9 Å². The van der Waals surface area contributed by atoms with Crippen LogP contribution < -0.4 is 4.74 Å². The van der Waals surface area contributed by atoms with Crippen molar-refractivity contribution >= 4 is 6.08 Å². The fourth-order valence-electron chi connectivity index (χ4n) is 3.16. The number of hydrogen-bond acceptors (Lipinski definition) is 4. The van der Waals surface area contributed by atoms with Crippen molar-refractivity contribution in [1.29, 1.82) is 0 Å². The molecule has 0 bridgehead atoms. The molecule has 1 saturated heterocycles. The van der Waals surface area contributed by atoms with E-state index >= 15 is 0 Å². The van der Waals surface area contributed by atoms with Gasteiger partial charge in [0, 0.05) is 23.7 Å². The summed E-state index contributed by atoms with van der Waals surface area (Å²) in [7, 11) is 3.82. The Balaban J connectivity index is 1.92. The van der Waals surface area contributed by atoms with Crippen LogP contribution in [0.25, 0.3) is 6.08 Å². The third kappa shape index (κ3) is 2.41. The largest absolute Gasteiger partial charge is 0.758 e. The maximum absolute atomic E-state index is 12.3. The molecule has 0 spiro atoms. The standard InChI is InChI=1S/C16H21N2O2/c1-17-8-6-12(7-9-17)15-10-14-13(11-18(15)19)4-3-5-16(14)20-2/h3-5,10,12H,6-9,11H2,1-2H3/q-1. The van der Waals surface area contributed by atoms with E-state index in [1.165, 1.54) is 0 Å². The predicted molar refractivity (Wildman–Crippen MR) is 80.1 cm³/mol. The molecule has 1 aromatic rings.